The van der Waals surface area contributed by atoms with E-state index < -0.39 is 0 Å². The fourth-order valence-corrected chi connectivity index (χ4v) is 5.58. The van der Waals surface area contributed by atoms with Crippen molar-refractivity contribution in [3.05, 3.63) is 11.7 Å². The van der Waals surface area contributed by atoms with E-state index in [-0.39, 0.29) is 0 Å². The molecule has 4 nitrogen and oxygen atoms in total. The molecular formula is C15H27N3OS2. The summed E-state index contributed by atoms with van der Waals surface area (Å²) in [6.45, 7) is 9.81. The molecule has 3 unspecified atom stereocenters. The van der Waals surface area contributed by atoms with Crippen molar-refractivity contribution in [1.82, 2.24) is 15.5 Å². The lowest BCUT2D eigenvalue weighted by atomic mass is 10.0. The predicted molar refractivity (Wildman–Crippen MR) is 92.0 cm³/mol. The molecule has 2 heterocycles. The summed E-state index contributed by atoms with van der Waals surface area (Å²) in [5.41, 5.74) is 0. The minimum absolute atomic E-state index is 0.392. The Balaban J connectivity index is 2.03. The van der Waals surface area contributed by atoms with Gasteiger partial charge in [-0.15, -0.1) is 11.8 Å². The van der Waals surface area contributed by atoms with Crippen molar-refractivity contribution in [2.24, 2.45) is 5.92 Å². The lowest BCUT2D eigenvalue weighted by Gasteiger charge is -2.27. The van der Waals surface area contributed by atoms with Gasteiger partial charge in [-0.2, -0.15) is 16.7 Å². The highest BCUT2D eigenvalue weighted by Crippen LogP contribution is 2.42. The van der Waals surface area contributed by atoms with Gasteiger partial charge in [-0.25, -0.2) is 0 Å². The number of likely N-dealkylation sites (N-methyl/N-ethyl adjacent to an activating group) is 1. The highest BCUT2D eigenvalue weighted by atomic mass is 32.2. The zero-order valence-corrected chi connectivity index (χ0v) is 15.1. The molecule has 0 aliphatic carbocycles. The monoisotopic (exact) mass is 329 g/mol. The third-order valence-corrected chi connectivity index (χ3v) is 7.10. The first-order chi connectivity index (χ1) is 10.2. The molecule has 2 rings (SSSR count). The van der Waals surface area contributed by atoms with Gasteiger partial charge in [0.25, 0.3) is 0 Å². The normalized spacial score (nSPS) is 24.4. The largest absolute Gasteiger partial charge is 0.339 e. The first kappa shape index (κ1) is 17.2. The van der Waals surface area contributed by atoms with Gasteiger partial charge in [0.1, 0.15) is 0 Å². The van der Waals surface area contributed by atoms with Gasteiger partial charge in [0.15, 0.2) is 5.82 Å². The van der Waals surface area contributed by atoms with Crippen LogP contribution >= 0.6 is 23.5 Å². The summed E-state index contributed by atoms with van der Waals surface area (Å²) < 4.78 is 5.51. The maximum Gasteiger partial charge on any atom is 0.228 e. The van der Waals surface area contributed by atoms with Gasteiger partial charge in [-0.05, 0) is 18.9 Å². The molecular weight excluding hydrogens is 302 g/mol. The van der Waals surface area contributed by atoms with Crippen LogP contribution in [-0.4, -0.2) is 39.5 Å². The minimum atomic E-state index is 0.392. The Hall–Kier alpha value is -0.200. The maximum atomic E-state index is 5.51. The van der Waals surface area contributed by atoms with E-state index in [0.29, 0.717) is 22.5 Å². The van der Waals surface area contributed by atoms with E-state index in [1.807, 2.05) is 23.5 Å². The highest BCUT2D eigenvalue weighted by molar-refractivity contribution is 8.06. The first-order valence-corrected chi connectivity index (χ1v) is 10.0. The average molecular weight is 330 g/mol. The molecule has 3 atom stereocenters. The smallest absolute Gasteiger partial charge is 0.228 e. The van der Waals surface area contributed by atoms with E-state index in [0.717, 1.165) is 31.1 Å². The van der Waals surface area contributed by atoms with Crippen LogP contribution in [-0.2, 0) is 6.42 Å². The quantitative estimate of drug-likeness (QED) is 0.825. The Kier molecular flexibility index (Phi) is 6.89. The summed E-state index contributed by atoms with van der Waals surface area (Å²) in [4.78, 5) is 4.68. The molecule has 0 amide bonds. The van der Waals surface area contributed by atoms with E-state index in [1.165, 1.54) is 11.5 Å². The Bertz CT molecular complexity index is 425. The second-order valence-corrected chi connectivity index (χ2v) is 8.36. The molecule has 0 aromatic carbocycles. The minimum Gasteiger partial charge on any atom is -0.339 e. The molecule has 0 bridgehead atoms. The second kappa shape index (κ2) is 8.44. The van der Waals surface area contributed by atoms with E-state index in [1.54, 1.807) is 0 Å². The summed E-state index contributed by atoms with van der Waals surface area (Å²) in [5.74, 6) is 4.65. The number of thioether (sulfide) groups is 2. The van der Waals surface area contributed by atoms with E-state index in [2.05, 4.69) is 43.2 Å². The first-order valence-electron chi connectivity index (χ1n) is 7.94. The van der Waals surface area contributed by atoms with Crippen molar-refractivity contribution in [1.29, 1.82) is 0 Å². The van der Waals surface area contributed by atoms with Crippen molar-refractivity contribution in [3.8, 4) is 0 Å². The molecule has 21 heavy (non-hydrogen) atoms. The van der Waals surface area contributed by atoms with Gasteiger partial charge in [0, 0.05) is 29.2 Å². The topological polar surface area (TPSA) is 51.0 Å². The summed E-state index contributed by atoms with van der Waals surface area (Å²) in [5, 5.41) is 8.77. The zero-order valence-electron chi connectivity index (χ0n) is 13.5. The zero-order chi connectivity index (χ0) is 15.2. The molecule has 1 fully saturated rings. The van der Waals surface area contributed by atoms with Crippen molar-refractivity contribution in [2.45, 2.75) is 57.1 Å². The molecule has 6 heteroatoms. The molecule has 1 aromatic heterocycles. The van der Waals surface area contributed by atoms with E-state index >= 15 is 0 Å². The van der Waals surface area contributed by atoms with Crippen LogP contribution in [0.3, 0.4) is 0 Å². The number of nitrogens with one attached hydrogen (secondary N) is 1. The van der Waals surface area contributed by atoms with Crippen LogP contribution in [0.4, 0.5) is 0 Å². The third kappa shape index (κ3) is 4.63. The molecule has 120 valence electrons. The van der Waals surface area contributed by atoms with Crippen molar-refractivity contribution in [2.75, 3.05) is 18.1 Å². The van der Waals surface area contributed by atoms with Crippen molar-refractivity contribution in [3.63, 3.8) is 0 Å². The molecule has 1 aliphatic heterocycles. The van der Waals surface area contributed by atoms with Crippen LogP contribution in [0.5, 0.6) is 0 Å². The summed E-state index contributed by atoms with van der Waals surface area (Å²) in [6, 6.07) is 0.402. The lowest BCUT2D eigenvalue weighted by molar-refractivity contribution is 0.327. The van der Waals surface area contributed by atoms with Crippen LogP contribution in [0, 0.1) is 5.92 Å². The molecule has 1 saturated heterocycles. The van der Waals surface area contributed by atoms with Gasteiger partial charge < -0.3 is 9.84 Å². The Morgan fingerprint density at radius 2 is 2.05 bits per heavy atom. The van der Waals surface area contributed by atoms with Crippen LogP contribution in [0.15, 0.2) is 4.52 Å². The summed E-state index contributed by atoms with van der Waals surface area (Å²) in [6.07, 6.45) is 1.98. The number of aromatic nitrogens is 2. The fraction of sp³-hybridized carbons (Fsp3) is 0.867. The molecule has 1 N–H and O–H groups in total. The number of nitrogens with zero attached hydrogens (tertiary/aromatic N) is 2. The van der Waals surface area contributed by atoms with Crippen molar-refractivity contribution < 1.29 is 4.52 Å². The second-order valence-electron chi connectivity index (χ2n) is 5.77. The Morgan fingerprint density at radius 3 is 2.71 bits per heavy atom. The van der Waals surface area contributed by atoms with Gasteiger partial charge >= 0.3 is 0 Å². The Morgan fingerprint density at radius 1 is 1.29 bits per heavy atom. The van der Waals surface area contributed by atoms with Crippen LogP contribution < -0.4 is 5.32 Å². The maximum absolute atomic E-state index is 5.51. The molecule has 1 aromatic rings. The van der Waals surface area contributed by atoms with Gasteiger partial charge in [0.2, 0.25) is 5.89 Å². The average Bonchev–Trinajstić information content (AvgIpc) is 2.95. The SMILES string of the molecule is CCNC(Cc1nc(C2SCCSC2CC)no1)C(C)C. The van der Waals surface area contributed by atoms with Crippen LogP contribution in [0.25, 0.3) is 0 Å². The lowest BCUT2D eigenvalue weighted by Crippen LogP contribution is -2.35. The summed E-state index contributed by atoms with van der Waals surface area (Å²) in [7, 11) is 0. The Labute approximate surface area is 136 Å². The van der Waals surface area contributed by atoms with Crippen molar-refractivity contribution >= 4 is 23.5 Å². The molecule has 1 aliphatic rings. The number of rotatable bonds is 7. The number of hydrogen-bond acceptors (Lipinski definition) is 6. The van der Waals surface area contributed by atoms with E-state index in [9.17, 15) is 0 Å². The van der Waals surface area contributed by atoms with Gasteiger partial charge in [-0.1, -0.05) is 32.9 Å². The summed E-state index contributed by atoms with van der Waals surface area (Å²) >= 11 is 4.02. The highest BCUT2D eigenvalue weighted by Gasteiger charge is 2.30. The third-order valence-electron chi connectivity index (χ3n) is 3.86. The van der Waals surface area contributed by atoms with Gasteiger partial charge in [0.05, 0.1) is 5.25 Å². The molecule has 0 spiro atoms. The van der Waals surface area contributed by atoms with Gasteiger partial charge in [-0.3, -0.25) is 0 Å². The van der Waals surface area contributed by atoms with Crippen LogP contribution in [0.1, 0.15) is 51.1 Å². The fourth-order valence-electron chi connectivity index (χ4n) is 2.60. The molecule has 0 saturated carbocycles. The predicted octanol–water partition coefficient (Wildman–Crippen LogP) is 3.55. The van der Waals surface area contributed by atoms with Crippen LogP contribution in [0.2, 0.25) is 0 Å². The van der Waals surface area contributed by atoms with E-state index in [4.69, 9.17) is 4.52 Å². The standard InChI is InChI=1S/C15H27N3OS2/c1-5-12-14(21-8-7-20-12)15-17-13(19-18-15)9-11(10(3)4)16-6-2/h10-12,14,16H,5-9H2,1-4H3. The molecule has 0 radical (unpaired) electrons. The number of hydrogen-bond donors (Lipinski definition) is 1.